The van der Waals surface area contributed by atoms with E-state index >= 15 is 0 Å². The predicted octanol–water partition coefficient (Wildman–Crippen LogP) is 2.84. The fourth-order valence-electron chi connectivity index (χ4n) is 1.31. The molecule has 0 saturated carbocycles. The molecule has 0 bridgehead atoms. The second-order valence-corrected chi connectivity index (χ2v) is 6.36. The van der Waals surface area contributed by atoms with Gasteiger partial charge in [0.1, 0.15) is 4.34 Å². The highest BCUT2D eigenvalue weighted by Crippen LogP contribution is 2.26. The summed E-state index contributed by atoms with van der Waals surface area (Å²) in [5.74, 6) is 0.472. The van der Waals surface area contributed by atoms with Gasteiger partial charge in [-0.25, -0.2) is 9.97 Å². The zero-order chi connectivity index (χ0) is 12.6. The van der Waals surface area contributed by atoms with Crippen molar-refractivity contribution in [1.29, 1.82) is 0 Å². The second kappa shape index (κ2) is 4.23. The molecule has 0 saturated heterocycles. The molecule has 17 heavy (non-hydrogen) atoms. The normalized spacial score (nSPS) is 11.8. The summed E-state index contributed by atoms with van der Waals surface area (Å²) in [5, 5.41) is 0.623. The van der Waals surface area contributed by atoms with Crippen LogP contribution in [0.3, 0.4) is 0 Å². The van der Waals surface area contributed by atoms with E-state index in [4.69, 9.17) is 11.6 Å². The Bertz CT molecular complexity index is 597. The quantitative estimate of drug-likeness (QED) is 0.866. The lowest BCUT2D eigenvalue weighted by Crippen LogP contribution is -2.19. The number of nitrogens with one attached hydrogen (secondary N) is 1. The van der Waals surface area contributed by atoms with Crippen LogP contribution in [0, 0.1) is 0 Å². The van der Waals surface area contributed by atoms with Crippen LogP contribution in [0.4, 0.5) is 0 Å². The van der Waals surface area contributed by atoms with Gasteiger partial charge in [0.15, 0.2) is 10.8 Å². The summed E-state index contributed by atoms with van der Waals surface area (Å²) in [6.45, 7) is 6.02. The topological polar surface area (TPSA) is 58.6 Å². The number of nitrogens with zero attached hydrogens (tertiary/aromatic N) is 2. The molecule has 2 aromatic heterocycles. The molecule has 2 rings (SSSR count). The lowest BCUT2D eigenvalue weighted by molar-refractivity contribution is 0.566. The van der Waals surface area contributed by atoms with Crippen molar-refractivity contribution in [3.05, 3.63) is 32.6 Å². The fraction of sp³-hybridized carbons (Fsp3) is 0.364. The minimum atomic E-state index is -0.177. The van der Waals surface area contributed by atoms with Gasteiger partial charge in [0.25, 0.3) is 5.56 Å². The number of H-pyrrole nitrogens is 1. The molecule has 0 amide bonds. The van der Waals surface area contributed by atoms with Crippen LogP contribution in [0.15, 0.2) is 17.1 Å². The number of rotatable bonds is 1. The number of aromatic amines is 1. The molecule has 4 nitrogen and oxygen atoms in total. The molecule has 2 aromatic rings. The maximum atomic E-state index is 11.6. The van der Waals surface area contributed by atoms with Gasteiger partial charge in [-0.3, -0.25) is 4.79 Å². The van der Waals surface area contributed by atoms with Gasteiger partial charge in [0.05, 0.1) is 11.9 Å². The maximum Gasteiger partial charge on any atom is 0.251 e. The molecule has 2 heterocycles. The fourth-order valence-corrected chi connectivity index (χ4v) is 2.16. The first-order valence-electron chi connectivity index (χ1n) is 5.10. The van der Waals surface area contributed by atoms with E-state index in [1.54, 1.807) is 6.20 Å². The van der Waals surface area contributed by atoms with Crippen molar-refractivity contribution in [2.75, 3.05) is 0 Å². The molecule has 0 aliphatic heterocycles. The highest BCUT2D eigenvalue weighted by molar-refractivity contribution is 7.18. The Morgan fingerprint density at radius 1 is 1.41 bits per heavy atom. The van der Waals surface area contributed by atoms with Crippen LogP contribution >= 0.6 is 22.9 Å². The average molecular weight is 270 g/mol. The number of aromatic nitrogens is 3. The van der Waals surface area contributed by atoms with Crippen LogP contribution in [0.1, 0.15) is 26.5 Å². The van der Waals surface area contributed by atoms with E-state index in [9.17, 15) is 4.79 Å². The summed E-state index contributed by atoms with van der Waals surface area (Å²) in [6.07, 6.45) is 1.55. The summed E-state index contributed by atoms with van der Waals surface area (Å²) in [5.41, 5.74) is 0.387. The monoisotopic (exact) mass is 269 g/mol. The minimum Gasteiger partial charge on any atom is -0.304 e. The van der Waals surface area contributed by atoms with E-state index in [0.29, 0.717) is 15.2 Å². The SMILES string of the molecule is CC(C)(C)c1cc(=O)[nH]c(-c2ncc(Cl)s2)n1. The molecule has 0 aliphatic carbocycles. The van der Waals surface area contributed by atoms with Crippen molar-refractivity contribution in [1.82, 2.24) is 15.0 Å². The highest BCUT2D eigenvalue weighted by Gasteiger charge is 2.18. The van der Waals surface area contributed by atoms with Gasteiger partial charge in [0.2, 0.25) is 0 Å². The van der Waals surface area contributed by atoms with Crippen molar-refractivity contribution in [3.63, 3.8) is 0 Å². The van der Waals surface area contributed by atoms with Crippen LogP contribution in [-0.4, -0.2) is 15.0 Å². The molecule has 6 heteroatoms. The Morgan fingerprint density at radius 3 is 2.65 bits per heavy atom. The molecule has 90 valence electrons. The molecule has 0 unspecified atom stereocenters. The molecule has 0 atom stereocenters. The largest absolute Gasteiger partial charge is 0.304 e. The third-order valence-corrected chi connectivity index (χ3v) is 3.31. The first kappa shape index (κ1) is 12.3. The maximum absolute atomic E-state index is 11.6. The summed E-state index contributed by atoms with van der Waals surface area (Å²) >= 11 is 7.11. The molecule has 1 N–H and O–H groups in total. The van der Waals surface area contributed by atoms with Crippen LogP contribution in [-0.2, 0) is 5.41 Å². The van der Waals surface area contributed by atoms with Crippen molar-refractivity contribution in [2.45, 2.75) is 26.2 Å². The van der Waals surface area contributed by atoms with Gasteiger partial charge in [-0.15, -0.1) is 0 Å². The third kappa shape index (κ3) is 2.73. The molecular formula is C11H12ClN3OS. The van der Waals surface area contributed by atoms with Gasteiger partial charge in [-0.2, -0.15) is 0 Å². The lowest BCUT2D eigenvalue weighted by Gasteiger charge is -2.17. The van der Waals surface area contributed by atoms with Crippen LogP contribution < -0.4 is 5.56 Å². The smallest absolute Gasteiger partial charge is 0.251 e. The van der Waals surface area contributed by atoms with E-state index in [1.165, 1.54) is 17.4 Å². The summed E-state index contributed by atoms with van der Waals surface area (Å²) < 4.78 is 0.573. The Hall–Kier alpha value is -1.20. The molecule has 0 aromatic carbocycles. The zero-order valence-electron chi connectivity index (χ0n) is 9.74. The van der Waals surface area contributed by atoms with Gasteiger partial charge < -0.3 is 4.98 Å². The van der Waals surface area contributed by atoms with Gasteiger partial charge in [0, 0.05) is 11.5 Å². The summed E-state index contributed by atoms with van der Waals surface area (Å²) in [7, 11) is 0. The standard InChI is InChI=1S/C11H12ClN3OS/c1-11(2,3)6-4-8(16)15-9(14-6)10-13-5-7(12)17-10/h4-5H,1-3H3,(H,14,15,16). The highest BCUT2D eigenvalue weighted by atomic mass is 35.5. The van der Waals surface area contributed by atoms with Crippen molar-refractivity contribution in [2.24, 2.45) is 0 Å². The number of halogens is 1. The van der Waals surface area contributed by atoms with Gasteiger partial charge >= 0.3 is 0 Å². The molecular weight excluding hydrogens is 258 g/mol. The molecule has 0 fully saturated rings. The first-order chi connectivity index (χ1) is 7.86. The Labute approximate surface area is 108 Å². The van der Waals surface area contributed by atoms with E-state index in [1.807, 2.05) is 20.8 Å². The molecule has 0 aliphatic rings. The van der Waals surface area contributed by atoms with Gasteiger partial charge in [-0.05, 0) is 0 Å². The lowest BCUT2D eigenvalue weighted by atomic mass is 9.92. The van der Waals surface area contributed by atoms with E-state index in [-0.39, 0.29) is 11.0 Å². The first-order valence-corrected chi connectivity index (χ1v) is 6.29. The van der Waals surface area contributed by atoms with E-state index < -0.39 is 0 Å². The number of hydrogen-bond donors (Lipinski definition) is 1. The predicted molar refractivity (Wildman–Crippen MR) is 69.7 cm³/mol. The summed E-state index contributed by atoms with van der Waals surface area (Å²) in [4.78, 5) is 22.8. The van der Waals surface area contributed by atoms with Crippen LogP contribution in [0.25, 0.3) is 10.8 Å². The Kier molecular flexibility index (Phi) is 3.05. The molecule has 0 spiro atoms. The van der Waals surface area contributed by atoms with Gasteiger partial charge in [-0.1, -0.05) is 43.7 Å². The van der Waals surface area contributed by atoms with Crippen LogP contribution in [0.2, 0.25) is 4.34 Å². The summed E-state index contributed by atoms with van der Waals surface area (Å²) in [6, 6.07) is 1.51. The van der Waals surface area contributed by atoms with E-state index in [0.717, 1.165) is 5.69 Å². The second-order valence-electron chi connectivity index (χ2n) is 4.70. The van der Waals surface area contributed by atoms with Crippen molar-refractivity contribution in [3.8, 4) is 10.8 Å². The Morgan fingerprint density at radius 2 is 2.12 bits per heavy atom. The number of hydrogen-bond acceptors (Lipinski definition) is 4. The minimum absolute atomic E-state index is 0.175. The van der Waals surface area contributed by atoms with E-state index in [2.05, 4.69) is 15.0 Å². The number of thiazole rings is 1. The zero-order valence-corrected chi connectivity index (χ0v) is 11.3. The van der Waals surface area contributed by atoms with Crippen LogP contribution in [0.5, 0.6) is 0 Å². The average Bonchev–Trinajstić information content (AvgIpc) is 2.62. The van der Waals surface area contributed by atoms with Crippen molar-refractivity contribution < 1.29 is 0 Å². The Balaban J connectivity index is 2.57. The van der Waals surface area contributed by atoms with Crippen molar-refractivity contribution >= 4 is 22.9 Å². The third-order valence-electron chi connectivity index (χ3n) is 2.19. The molecule has 0 radical (unpaired) electrons.